The van der Waals surface area contributed by atoms with E-state index < -0.39 is 11.6 Å². The average Bonchev–Trinajstić information content (AvgIpc) is 2.29. The van der Waals surface area contributed by atoms with Crippen molar-refractivity contribution in [3.63, 3.8) is 0 Å². The first-order chi connectivity index (χ1) is 7.54. The van der Waals surface area contributed by atoms with Gasteiger partial charge in [0.1, 0.15) is 0 Å². The Balaban J connectivity index is 2.51. The monoisotopic (exact) mass is 229 g/mol. The summed E-state index contributed by atoms with van der Waals surface area (Å²) in [5.74, 6) is -1.53. The lowest BCUT2D eigenvalue weighted by molar-refractivity contribution is 0.207. The minimum Gasteiger partial charge on any atom is -0.396 e. The van der Waals surface area contributed by atoms with Gasteiger partial charge in [0, 0.05) is 19.2 Å². The number of nitrogens with one attached hydrogen (secondary N) is 1. The molecule has 0 fully saturated rings. The zero-order chi connectivity index (χ0) is 12.1. The third-order valence-corrected chi connectivity index (χ3v) is 2.75. The summed E-state index contributed by atoms with van der Waals surface area (Å²) in [6.07, 6.45) is 0. The lowest BCUT2D eigenvalue weighted by Crippen LogP contribution is -2.33. The Labute approximate surface area is 94.3 Å². The molecule has 90 valence electrons. The van der Waals surface area contributed by atoms with Gasteiger partial charge in [-0.1, -0.05) is 13.0 Å². The van der Waals surface area contributed by atoms with Gasteiger partial charge in [-0.05, 0) is 30.5 Å². The Morgan fingerprint density at radius 1 is 1.25 bits per heavy atom. The van der Waals surface area contributed by atoms with Gasteiger partial charge in [0.2, 0.25) is 0 Å². The summed E-state index contributed by atoms with van der Waals surface area (Å²) in [5.41, 5.74) is 0.691. The predicted molar refractivity (Wildman–Crippen MR) is 58.9 cm³/mol. The number of hydrogen-bond acceptors (Lipinski definition) is 2. The number of aliphatic hydroxyl groups excluding tert-OH is 1. The summed E-state index contributed by atoms with van der Waals surface area (Å²) in [5, 5.41) is 12.1. The van der Waals surface area contributed by atoms with Gasteiger partial charge in [-0.2, -0.15) is 0 Å². The van der Waals surface area contributed by atoms with E-state index in [0.29, 0.717) is 12.1 Å². The van der Waals surface area contributed by atoms with Crippen LogP contribution in [-0.2, 0) is 6.54 Å². The second kappa shape index (κ2) is 5.92. The molecule has 0 bridgehead atoms. The molecule has 0 aliphatic carbocycles. The normalized spacial score (nSPS) is 14.8. The third-order valence-electron chi connectivity index (χ3n) is 2.75. The van der Waals surface area contributed by atoms with Crippen LogP contribution >= 0.6 is 0 Å². The molecule has 4 heteroatoms. The van der Waals surface area contributed by atoms with E-state index in [1.54, 1.807) is 6.07 Å². The molecule has 0 radical (unpaired) electrons. The van der Waals surface area contributed by atoms with Crippen molar-refractivity contribution in [2.75, 3.05) is 6.61 Å². The highest BCUT2D eigenvalue weighted by molar-refractivity contribution is 5.17. The Morgan fingerprint density at radius 2 is 1.94 bits per heavy atom. The quantitative estimate of drug-likeness (QED) is 0.810. The molecule has 0 aliphatic heterocycles. The Kier molecular flexibility index (Phi) is 4.83. The van der Waals surface area contributed by atoms with Gasteiger partial charge in [-0.3, -0.25) is 0 Å². The van der Waals surface area contributed by atoms with Gasteiger partial charge in [-0.25, -0.2) is 8.78 Å². The molecule has 0 aliphatic rings. The molecule has 0 aromatic heterocycles. The van der Waals surface area contributed by atoms with E-state index in [4.69, 9.17) is 5.11 Å². The van der Waals surface area contributed by atoms with Gasteiger partial charge in [0.05, 0.1) is 0 Å². The maximum atomic E-state index is 12.9. The van der Waals surface area contributed by atoms with Crippen molar-refractivity contribution in [2.24, 2.45) is 5.92 Å². The summed E-state index contributed by atoms with van der Waals surface area (Å²) >= 11 is 0. The van der Waals surface area contributed by atoms with Crippen molar-refractivity contribution < 1.29 is 13.9 Å². The van der Waals surface area contributed by atoms with Crippen LogP contribution in [0.15, 0.2) is 18.2 Å². The highest BCUT2D eigenvalue weighted by atomic mass is 19.2. The van der Waals surface area contributed by atoms with Gasteiger partial charge in [0.25, 0.3) is 0 Å². The fraction of sp³-hybridized carbons (Fsp3) is 0.500. The average molecular weight is 229 g/mol. The first-order valence-corrected chi connectivity index (χ1v) is 5.32. The van der Waals surface area contributed by atoms with Crippen molar-refractivity contribution >= 4 is 0 Å². The highest BCUT2D eigenvalue weighted by Crippen LogP contribution is 2.09. The molecule has 0 saturated carbocycles. The number of hydrogen-bond donors (Lipinski definition) is 2. The second-order valence-electron chi connectivity index (χ2n) is 4.08. The molecule has 2 nitrogen and oxygen atoms in total. The molecule has 2 unspecified atom stereocenters. The molecule has 1 aromatic carbocycles. The molecular formula is C12H17F2NO. The van der Waals surface area contributed by atoms with Gasteiger partial charge < -0.3 is 10.4 Å². The van der Waals surface area contributed by atoms with Crippen LogP contribution < -0.4 is 5.32 Å². The zero-order valence-corrected chi connectivity index (χ0v) is 9.50. The fourth-order valence-electron chi connectivity index (χ4n) is 1.29. The summed E-state index contributed by atoms with van der Waals surface area (Å²) in [6, 6.07) is 3.96. The largest absolute Gasteiger partial charge is 0.396 e. The highest BCUT2D eigenvalue weighted by Gasteiger charge is 2.10. The molecule has 2 N–H and O–H groups in total. The molecule has 0 spiro atoms. The van der Waals surface area contributed by atoms with Crippen molar-refractivity contribution in [1.29, 1.82) is 0 Å². The molecule has 0 amide bonds. The van der Waals surface area contributed by atoms with Crippen molar-refractivity contribution in [3.05, 3.63) is 35.4 Å². The molecule has 0 saturated heterocycles. The topological polar surface area (TPSA) is 32.3 Å². The standard InChI is InChI=1S/C12H17F2NO/c1-8(7-16)9(2)15-6-10-3-4-11(13)12(14)5-10/h3-5,8-9,15-16H,6-7H2,1-2H3. The van der Waals surface area contributed by atoms with Crippen LogP contribution in [0.5, 0.6) is 0 Å². The molecule has 0 heterocycles. The molecule has 1 rings (SSSR count). The first kappa shape index (κ1) is 13.1. The predicted octanol–water partition coefficient (Wildman–Crippen LogP) is 2.07. The van der Waals surface area contributed by atoms with Crippen LogP contribution in [0.1, 0.15) is 19.4 Å². The van der Waals surface area contributed by atoms with E-state index in [2.05, 4.69) is 5.32 Å². The summed E-state index contributed by atoms with van der Waals surface area (Å²) < 4.78 is 25.5. The van der Waals surface area contributed by atoms with E-state index in [9.17, 15) is 8.78 Å². The lowest BCUT2D eigenvalue weighted by Gasteiger charge is -2.19. The molecule has 2 atom stereocenters. The van der Waals surface area contributed by atoms with Gasteiger partial charge in [-0.15, -0.1) is 0 Å². The summed E-state index contributed by atoms with van der Waals surface area (Å²) in [4.78, 5) is 0. The maximum absolute atomic E-state index is 12.9. The van der Waals surface area contributed by atoms with E-state index in [1.807, 2.05) is 13.8 Å². The maximum Gasteiger partial charge on any atom is 0.159 e. The van der Waals surface area contributed by atoms with Crippen LogP contribution in [-0.4, -0.2) is 17.8 Å². The first-order valence-electron chi connectivity index (χ1n) is 5.32. The van der Waals surface area contributed by atoms with E-state index in [1.165, 1.54) is 6.07 Å². The summed E-state index contributed by atoms with van der Waals surface area (Å²) in [7, 11) is 0. The van der Waals surface area contributed by atoms with Crippen LogP contribution in [0.3, 0.4) is 0 Å². The number of benzene rings is 1. The van der Waals surface area contributed by atoms with Gasteiger partial charge in [0.15, 0.2) is 11.6 Å². The smallest absolute Gasteiger partial charge is 0.159 e. The van der Waals surface area contributed by atoms with E-state index >= 15 is 0 Å². The lowest BCUT2D eigenvalue weighted by atomic mass is 10.0. The fourth-order valence-corrected chi connectivity index (χ4v) is 1.29. The van der Waals surface area contributed by atoms with E-state index in [0.717, 1.165) is 6.07 Å². The molecule has 1 aromatic rings. The Morgan fingerprint density at radius 3 is 2.50 bits per heavy atom. The van der Waals surface area contributed by atoms with Crippen LogP contribution in [0.25, 0.3) is 0 Å². The van der Waals surface area contributed by atoms with Crippen molar-refractivity contribution in [2.45, 2.75) is 26.4 Å². The third kappa shape index (κ3) is 3.54. The van der Waals surface area contributed by atoms with Crippen LogP contribution in [0, 0.1) is 17.6 Å². The number of aliphatic hydroxyl groups is 1. The minimum atomic E-state index is -0.833. The Hall–Kier alpha value is -1.00. The van der Waals surface area contributed by atoms with Crippen molar-refractivity contribution in [3.8, 4) is 0 Å². The zero-order valence-electron chi connectivity index (χ0n) is 9.50. The van der Waals surface area contributed by atoms with Gasteiger partial charge >= 0.3 is 0 Å². The second-order valence-corrected chi connectivity index (χ2v) is 4.08. The Bertz CT molecular complexity index is 344. The number of halogens is 2. The molecule has 16 heavy (non-hydrogen) atoms. The van der Waals surface area contributed by atoms with E-state index in [-0.39, 0.29) is 18.6 Å². The molecular weight excluding hydrogens is 212 g/mol. The van der Waals surface area contributed by atoms with Crippen molar-refractivity contribution in [1.82, 2.24) is 5.32 Å². The van der Waals surface area contributed by atoms with Crippen LogP contribution in [0.2, 0.25) is 0 Å². The summed E-state index contributed by atoms with van der Waals surface area (Å²) in [6.45, 7) is 4.43. The minimum absolute atomic E-state index is 0.103. The number of rotatable bonds is 5. The van der Waals surface area contributed by atoms with Crippen LogP contribution in [0.4, 0.5) is 8.78 Å². The SMILES string of the molecule is CC(CO)C(C)NCc1ccc(F)c(F)c1.